The molecule has 1 fully saturated rings. The van der Waals surface area contributed by atoms with Crippen molar-refractivity contribution in [1.29, 1.82) is 0 Å². The average molecular weight is 383 g/mol. The molecule has 1 saturated carbocycles. The highest BCUT2D eigenvalue weighted by Gasteiger charge is 2.19. The summed E-state index contributed by atoms with van der Waals surface area (Å²) < 4.78 is 0. The van der Waals surface area contributed by atoms with Gasteiger partial charge in [-0.15, -0.1) is 24.0 Å². The highest BCUT2D eigenvalue weighted by atomic mass is 127. The van der Waals surface area contributed by atoms with E-state index in [1.807, 2.05) is 6.92 Å². The Hall–Kier alpha value is -0.0400. The van der Waals surface area contributed by atoms with Crippen LogP contribution in [0, 0.1) is 11.8 Å². The van der Waals surface area contributed by atoms with E-state index in [2.05, 4.69) is 29.5 Å². The van der Waals surface area contributed by atoms with Crippen LogP contribution in [0.15, 0.2) is 4.99 Å². The van der Waals surface area contributed by atoms with Crippen molar-refractivity contribution < 1.29 is 5.11 Å². The first-order valence-electron chi connectivity index (χ1n) is 7.31. The molecule has 19 heavy (non-hydrogen) atoms. The lowest BCUT2D eigenvalue weighted by Gasteiger charge is -2.29. The van der Waals surface area contributed by atoms with E-state index in [9.17, 15) is 0 Å². The summed E-state index contributed by atoms with van der Waals surface area (Å²) in [7, 11) is 0. The SMILES string of the molecule is CCNC(=NCC(C)CO)NC1CCCC(C)C1.I. The van der Waals surface area contributed by atoms with Crippen LogP contribution >= 0.6 is 24.0 Å². The lowest BCUT2D eigenvalue weighted by molar-refractivity contribution is 0.241. The van der Waals surface area contributed by atoms with Crippen LogP contribution in [0.5, 0.6) is 0 Å². The first-order chi connectivity index (χ1) is 8.65. The van der Waals surface area contributed by atoms with Crippen molar-refractivity contribution in [1.82, 2.24) is 10.6 Å². The van der Waals surface area contributed by atoms with Gasteiger partial charge in [0.05, 0.1) is 0 Å². The molecule has 0 heterocycles. The maximum atomic E-state index is 9.02. The molecular formula is C14H30IN3O. The fourth-order valence-corrected chi connectivity index (χ4v) is 2.38. The van der Waals surface area contributed by atoms with Crippen LogP contribution in [0.4, 0.5) is 0 Å². The first-order valence-corrected chi connectivity index (χ1v) is 7.31. The van der Waals surface area contributed by atoms with Crippen LogP contribution in [0.1, 0.15) is 46.5 Å². The molecule has 4 nitrogen and oxygen atoms in total. The topological polar surface area (TPSA) is 56.7 Å². The molecule has 0 spiro atoms. The second-order valence-corrected chi connectivity index (χ2v) is 5.62. The summed E-state index contributed by atoms with van der Waals surface area (Å²) in [6.07, 6.45) is 5.14. The Balaban J connectivity index is 0.00000324. The summed E-state index contributed by atoms with van der Waals surface area (Å²) in [5, 5.41) is 15.8. The number of hydrogen-bond acceptors (Lipinski definition) is 2. The third-order valence-corrected chi connectivity index (χ3v) is 3.49. The van der Waals surface area contributed by atoms with Crippen molar-refractivity contribution in [2.45, 2.75) is 52.5 Å². The molecule has 114 valence electrons. The Labute approximate surface area is 134 Å². The fourth-order valence-electron chi connectivity index (χ4n) is 2.38. The van der Waals surface area contributed by atoms with Crippen LogP contribution in [0.2, 0.25) is 0 Å². The highest BCUT2D eigenvalue weighted by molar-refractivity contribution is 14.0. The Morgan fingerprint density at radius 3 is 2.74 bits per heavy atom. The predicted octanol–water partition coefficient (Wildman–Crippen LogP) is 2.37. The molecule has 3 atom stereocenters. The minimum absolute atomic E-state index is 0. The van der Waals surface area contributed by atoms with Crippen LogP contribution in [0.3, 0.4) is 0 Å². The van der Waals surface area contributed by atoms with Gasteiger partial charge in [-0.05, 0) is 31.6 Å². The van der Waals surface area contributed by atoms with E-state index in [-0.39, 0.29) is 36.5 Å². The van der Waals surface area contributed by atoms with E-state index >= 15 is 0 Å². The fraction of sp³-hybridized carbons (Fsp3) is 0.929. The number of nitrogens with zero attached hydrogens (tertiary/aromatic N) is 1. The molecule has 3 unspecified atom stereocenters. The van der Waals surface area contributed by atoms with Gasteiger partial charge in [0.2, 0.25) is 0 Å². The molecule has 1 aliphatic carbocycles. The lowest BCUT2D eigenvalue weighted by Crippen LogP contribution is -2.45. The normalized spacial score (nSPS) is 25.4. The van der Waals surface area contributed by atoms with Gasteiger partial charge in [-0.3, -0.25) is 4.99 Å². The number of rotatable bonds is 5. The minimum atomic E-state index is 0. The maximum Gasteiger partial charge on any atom is 0.191 e. The first kappa shape index (κ1) is 19.0. The van der Waals surface area contributed by atoms with Gasteiger partial charge in [-0.1, -0.05) is 26.7 Å². The van der Waals surface area contributed by atoms with E-state index in [4.69, 9.17) is 5.11 Å². The Morgan fingerprint density at radius 2 is 2.16 bits per heavy atom. The number of halogens is 1. The molecule has 0 amide bonds. The second kappa shape index (κ2) is 10.7. The van der Waals surface area contributed by atoms with E-state index in [1.54, 1.807) is 0 Å². The van der Waals surface area contributed by atoms with Gasteiger partial charge in [-0.2, -0.15) is 0 Å². The van der Waals surface area contributed by atoms with Gasteiger partial charge in [0.25, 0.3) is 0 Å². The largest absolute Gasteiger partial charge is 0.396 e. The summed E-state index contributed by atoms with van der Waals surface area (Å²) in [5.74, 6) is 1.94. The van der Waals surface area contributed by atoms with E-state index < -0.39 is 0 Å². The second-order valence-electron chi connectivity index (χ2n) is 5.62. The standard InChI is InChI=1S/C14H29N3O.HI/c1-4-15-14(16-9-12(3)10-18)17-13-7-5-6-11(2)8-13;/h11-13,18H,4-10H2,1-3H3,(H2,15,16,17);1H. The van der Waals surface area contributed by atoms with Gasteiger partial charge in [-0.25, -0.2) is 0 Å². The van der Waals surface area contributed by atoms with Crippen LogP contribution in [-0.2, 0) is 0 Å². The third-order valence-electron chi connectivity index (χ3n) is 3.49. The third kappa shape index (κ3) is 7.97. The van der Waals surface area contributed by atoms with Gasteiger partial charge in [0.1, 0.15) is 0 Å². The van der Waals surface area contributed by atoms with Crippen LogP contribution < -0.4 is 10.6 Å². The molecule has 1 aliphatic rings. The molecule has 0 aromatic carbocycles. The minimum Gasteiger partial charge on any atom is -0.396 e. The zero-order chi connectivity index (χ0) is 13.4. The molecular weight excluding hydrogens is 353 g/mol. The van der Waals surface area contributed by atoms with Crippen LogP contribution in [0.25, 0.3) is 0 Å². The summed E-state index contributed by atoms with van der Waals surface area (Å²) in [4.78, 5) is 4.54. The van der Waals surface area contributed by atoms with E-state index in [0.29, 0.717) is 12.6 Å². The number of aliphatic hydroxyl groups excluding tert-OH is 1. The highest BCUT2D eigenvalue weighted by Crippen LogP contribution is 2.23. The van der Waals surface area contributed by atoms with Gasteiger partial charge >= 0.3 is 0 Å². The number of nitrogens with one attached hydrogen (secondary N) is 2. The average Bonchev–Trinajstić information content (AvgIpc) is 2.36. The molecule has 0 radical (unpaired) electrons. The summed E-state index contributed by atoms with van der Waals surface area (Å²) in [6, 6.07) is 0.552. The summed E-state index contributed by atoms with van der Waals surface area (Å²) in [6.45, 7) is 8.16. The smallest absolute Gasteiger partial charge is 0.191 e. The molecule has 3 N–H and O–H groups in total. The van der Waals surface area contributed by atoms with Gasteiger partial charge in [0, 0.05) is 25.7 Å². The Bertz CT molecular complexity index is 261. The Kier molecular flexibility index (Phi) is 10.7. The quantitative estimate of drug-likeness (QED) is 0.388. The molecule has 0 saturated heterocycles. The van der Waals surface area contributed by atoms with Crippen molar-refractivity contribution in [3.05, 3.63) is 0 Å². The summed E-state index contributed by atoms with van der Waals surface area (Å²) in [5.41, 5.74) is 0. The molecule has 0 aromatic heterocycles. The van der Waals surface area contributed by atoms with E-state index in [1.165, 1.54) is 25.7 Å². The number of aliphatic hydroxyl groups is 1. The zero-order valence-corrected chi connectivity index (χ0v) is 14.8. The number of aliphatic imine (C=N–C) groups is 1. The number of guanidine groups is 1. The van der Waals surface area contributed by atoms with E-state index in [0.717, 1.165) is 18.4 Å². The van der Waals surface area contributed by atoms with Crippen molar-refractivity contribution in [3.63, 3.8) is 0 Å². The molecule has 0 aromatic rings. The van der Waals surface area contributed by atoms with Crippen LogP contribution in [-0.4, -0.2) is 36.8 Å². The van der Waals surface area contributed by atoms with Crippen molar-refractivity contribution in [2.75, 3.05) is 19.7 Å². The van der Waals surface area contributed by atoms with Gasteiger partial charge < -0.3 is 15.7 Å². The molecule has 5 heteroatoms. The zero-order valence-electron chi connectivity index (χ0n) is 12.5. The van der Waals surface area contributed by atoms with Crippen molar-refractivity contribution in [3.8, 4) is 0 Å². The monoisotopic (exact) mass is 383 g/mol. The lowest BCUT2D eigenvalue weighted by atomic mass is 9.87. The van der Waals surface area contributed by atoms with Gasteiger partial charge in [0.15, 0.2) is 5.96 Å². The van der Waals surface area contributed by atoms with Crippen molar-refractivity contribution >= 4 is 29.9 Å². The van der Waals surface area contributed by atoms with Crippen molar-refractivity contribution in [2.24, 2.45) is 16.8 Å². The Morgan fingerprint density at radius 1 is 1.42 bits per heavy atom. The maximum absolute atomic E-state index is 9.02. The molecule has 0 aliphatic heterocycles. The predicted molar refractivity (Wildman–Crippen MR) is 92.2 cm³/mol. The summed E-state index contributed by atoms with van der Waals surface area (Å²) >= 11 is 0. The number of hydrogen-bond donors (Lipinski definition) is 3. The molecule has 0 bridgehead atoms. The molecule has 1 rings (SSSR count).